The number of amides is 1. The summed E-state index contributed by atoms with van der Waals surface area (Å²) >= 11 is 3.39. The molecule has 0 atom stereocenters. The second-order valence-corrected chi connectivity index (χ2v) is 6.03. The summed E-state index contributed by atoms with van der Waals surface area (Å²) in [6.07, 6.45) is 1.05. The van der Waals surface area contributed by atoms with Crippen molar-refractivity contribution < 1.29 is 14.3 Å². The lowest BCUT2D eigenvalue weighted by Crippen LogP contribution is -2.13. The van der Waals surface area contributed by atoms with Crippen molar-refractivity contribution in [2.24, 2.45) is 5.73 Å². The van der Waals surface area contributed by atoms with Crippen molar-refractivity contribution in [1.82, 2.24) is 0 Å². The Morgan fingerprint density at radius 2 is 1.76 bits per heavy atom. The molecule has 25 heavy (non-hydrogen) atoms. The highest BCUT2D eigenvalue weighted by Gasteiger charge is 2.03. The molecule has 0 heterocycles. The number of ether oxygens (including phenoxy) is 2. The summed E-state index contributed by atoms with van der Waals surface area (Å²) < 4.78 is 12.0. The lowest BCUT2D eigenvalue weighted by atomic mass is 10.2. The Morgan fingerprint density at radius 1 is 1.04 bits per heavy atom. The number of carbonyl (C=O) groups is 1. The molecule has 0 saturated carbocycles. The molecule has 7 heteroatoms. The van der Waals surface area contributed by atoms with Gasteiger partial charge in [0.05, 0.1) is 6.61 Å². The molecule has 0 aliphatic carbocycles. The van der Waals surface area contributed by atoms with Gasteiger partial charge in [0.1, 0.15) is 18.1 Å². The van der Waals surface area contributed by atoms with Crippen LogP contribution in [0.15, 0.2) is 53.0 Å². The third-order valence-corrected chi connectivity index (χ3v) is 3.63. The van der Waals surface area contributed by atoms with Crippen LogP contribution < -0.4 is 20.5 Å². The first-order valence-electron chi connectivity index (χ1n) is 7.78. The Morgan fingerprint density at radius 3 is 2.44 bits per heavy atom. The molecule has 1 amide bonds. The highest BCUT2D eigenvalue weighted by atomic mass is 79.9. The molecule has 0 fully saturated rings. The molecule has 2 rings (SSSR count). The first-order valence-corrected chi connectivity index (χ1v) is 8.58. The van der Waals surface area contributed by atoms with Gasteiger partial charge in [0, 0.05) is 23.1 Å². The minimum absolute atomic E-state index is 0. The first kappa shape index (κ1) is 21.3. The quantitative estimate of drug-likeness (QED) is 0.591. The lowest BCUT2D eigenvalue weighted by Gasteiger charge is -2.08. The zero-order chi connectivity index (χ0) is 17.2. The molecule has 2 aromatic carbocycles. The molecule has 136 valence electrons. The van der Waals surface area contributed by atoms with Crippen molar-refractivity contribution >= 4 is 39.9 Å². The third-order valence-electron chi connectivity index (χ3n) is 3.14. The van der Waals surface area contributed by atoms with E-state index in [0.717, 1.165) is 21.7 Å². The van der Waals surface area contributed by atoms with E-state index in [-0.39, 0.29) is 18.3 Å². The average Bonchev–Trinajstić information content (AvgIpc) is 2.58. The molecular weight excluding hydrogens is 408 g/mol. The van der Waals surface area contributed by atoms with Crippen LogP contribution in [0.3, 0.4) is 0 Å². The van der Waals surface area contributed by atoms with E-state index in [0.29, 0.717) is 32.6 Å². The first-order chi connectivity index (χ1) is 11.7. The smallest absolute Gasteiger partial charge is 0.224 e. The number of rotatable bonds is 9. The van der Waals surface area contributed by atoms with E-state index in [1.54, 1.807) is 0 Å². The highest BCUT2D eigenvalue weighted by Crippen LogP contribution is 2.18. The molecular formula is C18H22BrClN2O3. The van der Waals surface area contributed by atoms with E-state index in [1.807, 2.05) is 48.5 Å². The lowest BCUT2D eigenvalue weighted by molar-refractivity contribution is -0.116. The van der Waals surface area contributed by atoms with Crippen molar-refractivity contribution in [3.8, 4) is 11.5 Å². The molecule has 0 aliphatic heterocycles. The van der Waals surface area contributed by atoms with Crippen LogP contribution in [-0.2, 0) is 4.79 Å². The minimum Gasteiger partial charge on any atom is -0.494 e. The highest BCUT2D eigenvalue weighted by molar-refractivity contribution is 9.10. The Hall–Kier alpha value is -1.76. The predicted molar refractivity (Wildman–Crippen MR) is 106 cm³/mol. The summed E-state index contributed by atoms with van der Waals surface area (Å²) in [6, 6.07) is 14.9. The van der Waals surface area contributed by atoms with Crippen molar-refractivity contribution in [2.45, 2.75) is 12.8 Å². The topological polar surface area (TPSA) is 73.6 Å². The maximum Gasteiger partial charge on any atom is 0.224 e. The SMILES string of the molecule is Cl.NCCOc1ccc(NC(=O)CCCOc2cccc(Br)c2)cc1. The van der Waals surface area contributed by atoms with Gasteiger partial charge in [0.2, 0.25) is 5.91 Å². The van der Waals surface area contributed by atoms with Crippen molar-refractivity contribution in [3.63, 3.8) is 0 Å². The van der Waals surface area contributed by atoms with Gasteiger partial charge in [-0.05, 0) is 48.9 Å². The van der Waals surface area contributed by atoms with Gasteiger partial charge < -0.3 is 20.5 Å². The number of halogens is 2. The molecule has 0 aliphatic rings. The molecule has 3 N–H and O–H groups in total. The molecule has 5 nitrogen and oxygen atoms in total. The van der Waals surface area contributed by atoms with Crippen molar-refractivity contribution in [2.75, 3.05) is 25.1 Å². The third kappa shape index (κ3) is 8.25. The van der Waals surface area contributed by atoms with Crippen LogP contribution in [0.5, 0.6) is 11.5 Å². The van der Waals surface area contributed by atoms with Crippen molar-refractivity contribution in [1.29, 1.82) is 0 Å². The minimum atomic E-state index is -0.0385. The standard InChI is InChI=1S/C18H21BrN2O3.ClH/c19-14-3-1-4-17(13-14)23-11-2-5-18(22)21-15-6-8-16(9-7-15)24-12-10-20;/h1,3-4,6-9,13H,2,5,10-12,20H2,(H,21,22);1H. The summed E-state index contributed by atoms with van der Waals surface area (Å²) in [7, 11) is 0. The monoisotopic (exact) mass is 428 g/mol. The Kier molecular flexibility index (Phi) is 9.99. The normalized spacial score (nSPS) is 9.84. The van der Waals surface area contributed by atoms with Crippen LogP contribution >= 0.6 is 28.3 Å². The number of hydrogen-bond acceptors (Lipinski definition) is 4. The Labute approximate surface area is 162 Å². The number of hydrogen-bond donors (Lipinski definition) is 2. The second-order valence-electron chi connectivity index (χ2n) is 5.12. The Bertz CT molecular complexity index is 653. The zero-order valence-corrected chi connectivity index (χ0v) is 16.1. The van der Waals surface area contributed by atoms with Gasteiger partial charge in [0.25, 0.3) is 0 Å². The van der Waals surface area contributed by atoms with Crippen LogP contribution in [0, 0.1) is 0 Å². The molecule has 0 bridgehead atoms. The van der Waals surface area contributed by atoms with Crippen LogP contribution in [0.2, 0.25) is 0 Å². The van der Waals surface area contributed by atoms with Gasteiger partial charge in [-0.2, -0.15) is 0 Å². The zero-order valence-electron chi connectivity index (χ0n) is 13.7. The van der Waals surface area contributed by atoms with E-state index in [4.69, 9.17) is 15.2 Å². The molecule has 0 aromatic heterocycles. The molecule has 2 aromatic rings. The summed E-state index contributed by atoms with van der Waals surface area (Å²) in [5.74, 6) is 1.49. The van der Waals surface area contributed by atoms with Gasteiger partial charge in [-0.3, -0.25) is 4.79 Å². The summed E-state index contributed by atoms with van der Waals surface area (Å²) in [5.41, 5.74) is 6.12. The number of nitrogens with two attached hydrogens (primary N) is 1. The van der Waals surface area contributed by atoms with E-state index in [9.17, 15) is 4.79 Å². The van der Waals surface area contributed by atoms with Gasteiger partial charge in [-0.15, -0.1) is 12.4 Å². The van der Waals surface area contributed by atoms with Crippen LogP contribution in [0.25, 0.3) is 0 Å². The summed E-state index contributed by atoms with van der Waals surface area (Å²) in [4.78, 5) is 11.9. The molecule has 0 unspecified atom stereocenters. The fourth-order valence-corrected chi connectivity index (χ4v) is 2.39. The van der Waals surface area contributed by atoms with Gasteiger partial charge in [0.15, 0.2) is 0 Å². The number of nitrogens with one attached hydrogen (secondary N) is 1. The van der Waals surface area contributed by atoms with Gasteiger partial charge >= 0.3 is 0 Å². The number of benzene rings is 2. The number of anilines is 1. The summed E-state index contributed by atoms with van der Waals surface area (Å²) in [6.45, 7) is 1.44. The summed E-state index contributed by atoms with van der Waals surface area (Å²) in [5, 5.41) is 2.85. The van der Waals surface area contributed by atoms with Gasteiger partial charge in [-0.1, -0.05) is 22.0 Å². The molecule has 0 saturated heterocycles. The maximum absolute atomic E-state index is 11.9. The van der Waals surface area contributed by atoms with E-state index in [2.05, 4.69) is 21.2 Å². The van der Waals surface area contributed by atoms with E-state index >= 15 is 0 Å². The molecule has 0 spiro atoms. The van der Waals surface area contributed by atoms with Gasteiger partial charge in [-0.25, -0.2) is 0 Å². The number of carbonyl (C=O) groups excluding carboxylic acids is 1. The second kappa shape index (κ2) is 11.7. The fourth-order valence-electron chi connectivity index (χ4n) is 2.01. The largest absolute Gasteiger partial charge is 0.494 e. The van der Waals surface area contributed by atoms with Crippen LogP contribution in [-0.4, -0.2) is 25.7 Å². The van der Waals surface area contributed by atoms with Crippen LogP contribution in [0.4, 0.5) is 5.69 Å². The predicted octanol–water partition coefficient (Wildman–Crippen LogP) is 4.01. The van der Waals surface area contributed by atoms with Crippen LogP contribution in [0.1, 0.15) is 12.8 Å². The Balaban J connectivity index is 0.00000312. The van der Waals surface area contributed by atoms with E-state index in [1.165, 1.54) is 0 Å². The fraction of sp³-hybridized carbons (Fsp3) is 0.278. The van der Waals surface area contributed by atoms with Crippen molar-refractivity contribution in [3.05, 3.63) is 53.0 Å². The maximum atomic E-state index is 11.9. The van der Waals surface area contributed by atoms with E-state index < -0.39 is 0 Å². The molecule has 0 radical (unpaired) electrons. The average molecular weight is 430 g/mol.